The van der Waals surface area contributed by atoms with E-state index in [-0.39, 0.29) is 5.91 Å². The van der Waals surface area contributed by atoms with Crippen molar-refractivity contribution in [1.82, 2.24) is 4.90 Å². The predicted molar refractivity (Wildman–Crippen MR) is 85.3 cm³/mol. The Morgan fingerprint density at radius 2 is 1.90 bits per heavy atom. The lowest BCUT2D eigenvalue weighted by molar-refractivity contribution is -0.116. The Kier molecular flexibility index (Phi) is 6.70. The number of carbonyl (C=O) groups excluding carboxylic acids is 1. The maximum atomic E-state index is 11.8. The zero-order valence-electron chi connectivity index (χ0n) is 12.9. The van der Waals surface area contributed by atoms with Crippen LogP contribution in [0.2, 0.25) is 0 Å². The highest BCUT2D eigenvalue weighted by Gasteiger charge is 2.10. The minimum Gasteiger partial charge on any atom is -0.379 e. The molecule has 1 aliphatic rings. The van der Waals surface area contributed by atoms with Crippen LogP contribution in [0, 0.1) is 0 Å². The maximum Gasteiger partial charge on any atom is 0.224 e. The zero-order chi connectivity index (χ0) is 14.9. The first-order chi connectivity index (χ1) is 10.3. The molecule has 0 radical (unpaired) electrons. The number of hydrogen-bond donors (Lipinski definition) is 1. The van der Waals surface area contributed by atoms with Crippen LogP contribution in [0.4, 0.5) is 5.69 Å². The second kappa shape index (κ2) is 8.80. The molecule has 4 nitrogen and oxygen atoms in total. The third-order valence-electron chi connectivity index (χ3n) is 3.75. The summed E-state index contributed by atoms with van der Waals surface area (Å²) in [4.78, 5) is 14.1. The number of carbonyl (C=O) groups is 1. The molecule has 0 spiro atoms. The summed E-state index contributed by atoms with van der Waals surface area (Å²) in [5, 5.41) is 2.96. The number of morpholine rings is 1. The normalized spacial score (nSPS) is 15.9. The van der Waals surface area contributed by atoms with Gasteiger partial charge in [0, 0.05) is 31.7 Å². The summed E-state index contributed by atoms with van der Waals surface area (Å²) in [5.74, 6) is 0.115. The standard InChI is InChI=1S/C17H26N2O2/c1-2-3-4-5-17(20)18-16-8-6-15(7-9-16)14-19-10-12-21-13-11-19/h6-9H,2-5,10-14H2,1H3,(H,18,20). The number of hydrogen-bond acceptors (Lipinski definition) is 3. The first-order valence-electron chi connectivity index (χ1n) is 7.97. The lowest BCUT2D eigenvalue weighted by Gasteiger charge is -2.26. The Labute approximate surface area is 127 Å². The quantitative estimate of drug-likeness (QED) is 0.785. The summed E-state index contributed by atoms with van der Waals surface area (Å²) in [6.45, 7) is 6.74. The first-order valence-corrected chi connectivity index (χ1v) is 7.97. The molecule has 21 heavy (non-hydrogen) atoms. The molecule has 0 saturated carbocycles. The Balaban J connectivity index is 1.77. The monoisotopic (exact) mass is 290 g/mol. The molecule has 1 aromatic rings. The number of nitrogens with one attached hydrogen (secondary N) is 1. The van der Waals surface area contributed by atoms with Crippen LogP contribution in [-0.2, 0) is 16.1 Å². The molecule has 1 amide bonds. The average Bonchev–Trinajstić information content (AvgIpc) is 2.51. The van der Waals surface area contributed by atoms with Gasteiger partial charge in [0.1, 0.15) is 0 Å². The average molecular weight is 290 g/mol. The fourth-order valence-electron chi connectivity index (χ4n) is 2.47. The molecule has 0 aliphatic carbocycles. The molecule has 0 unspecified atom stereocenters. The van der Waals surface area contributed by atoms with E-state index in [1.807, 2.05) is 12.1 Å². The van der Waals surface area contributed by atoms with Crippen LogP contribution in [-0.4, -0.2) is 37.1 Å². The van der Waals surface area contributed by atoms with E-state index in [0.717, 1.165) is 57.8 Å². The van der Waals surface area contributed by atoms with Gasteiger partial charge in [-0.1, -0.05) is 31.9 Å². The highest BCUT2D eigenvalue weighted by Crippen LogP contribution is 2.13. The Morgan fingerprint density at radius 3 is 2.57 bits per heavy atom. The third-order valence-corrected chi connectivity index (χ3v) is 3.75. The number of amides is 1. The molecule has 116 valence electrons. The largest absolute Gasteiger partial charge is 0.379 e. The van der Waals surface area contributed by atoms with Gasteiger partial charge in [0.25, 0.3) is 0 Å². The highest BCUT2D eigenvalue weighted by atomic mass is 16.5. The lowest BCUT2D eigenvalue weighted by Crippen LogP contribution is -2.35. The van der Waals surface area contributed by atoms with Gasteiger partial charge < -0.3 is 10.1 Å². The van der Waals surface area contributed by atoms with Gasteiger partial charge in [0.15, 0.2) is 0 Å². The van der Waals surface area contributed by atoms with Gasteiger partial charge in [-0.25, -0.2) is 0 Å². The smallest absolute Gasteiger partial charge is 0.224 e. The molecular weight excluding hydrogens is 264 g/mol. The van der Waals surface area contributed by atoms with Crippen LogP contribution in [0.5, 0.6) is 0 Å². The molecule has 1 heterocycles. The number of ether oxygens (including phenoxy) is 1. The van der Waals surface area contributed by atoms with Gasteiger partial charge in [0.2, 0.25) is 5.91 Å². The second-order valence-electron chi connectivity index (χ2n) is 5.59. The summed E-state index contributed by atoms with van der Waals surface area (Å²) in [6.07, 6.45) is 3.84. The Morgan fingerprint density at radius 1 is 1.19 bits per heavy atom. The summed E-state index contributed by atoms with van der Waals surface area (Å²) in [7, 11) is 0. The van der Waals surface area contributed by atoms with Crippen LogP contribution in [0.1, 0.15) is 38.2 Å². The van der Waals surface area contributed by atoms with Gasteiger partial charge in [-0.15, -0.1) is 0 Å². The lowest BCUT2D eigenvalue weighted by atomic mass is 10.1. The summed E-state index contributed by atoms with van der Waals surface area (Å²) < 4.78 is 5.35. The van der Waals surface area contributed by atoms with E-state index >= 15 is 0 Å². The van der Waals surface area contributed by atoms with Crippen LogP contribution >= 0.6 is 0 Å². The molecule has 0 atom stereocenters. The van der Waals surface area contributed by atoms with E-state index in [1.165, 1.54) is 5.56 Å². The van der Waals surface area contributed by atoms with Gasteiger partial charge in [-0.3, -0.25) is 9.69 Å². The van der Waals surface area contributed by atoms with Crippen molar-refractivity contribution in [3.8, 4) is 0 Å². The molecular formula is C17H26N2O2. The van der Waals surface area contributed by atoms with Crippen molar-refractivity contribution in [2.45, 2.75) is 39.2 Å². The molecule has 1 aliphatic heterocycles. The molecule has 4 heteroatoms. The summed E-state index contributed by atoms with van der Waals surface area (Å²) >= 11 is 0. The maximum absolute atomic E-state index is 11.8. The van der Waals surface area contributed by atoms with Crippen molar-refractivity contribution in [1.29, 1.82) is 0 Å². The van der Waals surface area contributed by atoms with E-state index < -0.39 is 0 Å². The van der Waals surface area contributed by atoms with E-state index in [1.54, 1.807) is 0 Å². The molecule has 1 fully saturated rings. The molecule has 0 aromatic heterocycles. The topological polar surface area (TPSA) is 41.6 Å². The van der Waals surface area contributed by atoms with Crippen molar-refractivity contribution in [3.05, 3.63) is 29.8 Å². The van der Waals surface area contributed by atoms with Crippen LogP contribution in [0.25, 0.3) is 0 Å². The molecule has 1 aromatic carbocycles. The van der Waals surface area contributed by atoms with Crippen molar-refractivity contribution in [3.63, 3.8) is 0 Å². The fourth-order valence-corrected chi connectivity index (χ4v) is 2.47. The first kappa shape index (κ1) is 16.0. The van der Waals surface area contributed by atoms with Crippen molar-refractivity contribution in [2.24, 2.45) is 0 Å². The minimum absolute atomic E-state index is 0.115. The third kappa shape index (κ3) is 5.86. The zero-order valence-corrected chi connectivity index (χ0v) is 12.9. The minimum atomic E-state index is 0.115. The predicted octanol–water partition coefficient (Wildman–Crippen LogP) is 3.04. The summed E-state index contributed by atoms with van der Waals surface area (Å²) in [6, 6.07) is 8.18. The Bertz CT molecular complexity index is 425. The summed E-state index contributed by atoms with van der Waals surface area (Å²) in [5.41, 5.74) is 2.17. The van der Waals surface area contributed by atoms with E-state index in [0.29, 0.717) is 6.42 Å². The number of anilines is 1. The molecule has 1 N–H and O–H groups in total. The number of unbranched alkanes of at least 4 members (excludes halogenated alkanes) is 2. The Hall–Kier alpha value is -1.39. The number of benzene rings is 1. The van der Waals surface area contributed by atoms with E-state index in [9.17, 15) is 4.79 Å². The van der Waals surface area contributed by atoms with Crippen molar-refractivity contribution in [2.75, 3.05) is 31.6 Å². The van der Waals surface area contributed by atoms with Crippen LogP contribution < -0.4 is 5.32 Å². The number of rotatable bonds is 7. The molecule has 2 rings (SSSR count). The van der Waals surface area contributed by atoms with Crippen molar-refractivity contribution >= 4 is 11.6 Å². The van der Waals surface area contributed by atoms with Gasteiger partial charge >= 0.3 is 0 Å². The SMILES string of the molecule is CCCCCC(=O)Nc1ccc(CN2CCOCC2)cc1. The molecule has 1 saturated heterocycles. The van der Waals surface area contributed by atoms with Crippen molar-refractivity contribution < 1.29 is 9.53 Å². The highest BCUT2D eigenvalue weighted by molar-refractivity contribution is 5.90. The van der Waals surface area contributed by atoms with E-state index in [4.69, 9.17) is 4.74 Å². The van der Waals surface area contributed by atoms with Crippen LogP contribution in [0.3, 0.4) is 0 Å². The number of nitrogens with zero attached hydrogens (tertiary/aromatic N) is 1. The van der Waals surface area contributed by atoms with Crippen LogP contribution in [0.15, 0.2) is 24.3 Å². The second-order valence-corrected chi connectivity index (χ2v) is 5.59. The van der Waals surface area contributed by atoms with Gasteiger partial charge in [-0.05, 0) is 24.1 Å². The van der Waals surface area contributed by atoms with Gasteiger partial charge in [0.05, 0.1) is 13.2 Å². The van der Waals surface area contributed by atoms with E-state index in [2.05, 4.69) is 29.3 Å². The fraction of sp³-hybridized carbons (Fsp3) is 0.588. The molecule has 0 bridgehead atoms. The van der Waals surface area contributed by atoms with Gasteiger partial charge in [-0.2, -0.15) is 0 Å².